The number of hydrogen-bond acceptors (Lipinski definition) is 7. The van der Waals surface area contributed by atoms with E-state index < -0.39 is 0 Å². The molecule has 0 spiro atoms. The Balaban J connectivity index is 2.80. The molecule has 1 amide bonds. The van der Waals surface area contributed by atoms with Crippen molar-refractivity contribution in [2.45, 2.75) is 13.8 Å². The maximum Gasteiger partial charge on any atom is 0.268 e. The molecule has 1 aromatic heterocycles. The van der Waals surface area contributed by atoms with E-state index in [9.17, 15) is 4.79 Å². The molecular formula is C12H22N4O3S. The molecular weight excluding hydrogens is 280 g/mol. The van der Waals surface area contributed by atoms with E-state index in [-0.39, 0.29) is 38.0 Å². The van der Waals surface area contributed by atoms with Gasteiger partial charge in [0.2, 0.25) is 0 Å². The number of carbonyl (C=O) groups excluding carboxylic acids is 1. The number of carbonyl (C=O) groups is 1. The van der Waals surface area contributed by atoms with Gasteiger partial charge in [0.05, 0.1) is 13.2 Å². The molecule has 0 aliphatic rings. The summed E-state index contributed by atoms with van der Waals surface area (Å²) in [6, 6.07) is 0. The highest BCUT2D eigenvalue weighted by Crippen LogP contribution is 2.26. The maximum atomic E-state index is 12.3. The monoisotopic (exact) mass is 302 g/mol. The minimum Gasteiger partial charge on any atom is -0.395 e. The highest BCUT2D eigenvalue weighted by atomic mass is 32.1. The van der Waals surface area contributed by atoms with Crippen molar-refractivity contribution >= 4 is 28.2 Å². The number of nitrogens with one attached hydrogen (secondary N) is 1. The average molecular weight is 302 g/mol. The summed E-state index contributed by atoms with van der Waals surface area (Å²) in [6.45, 7) is 4.88. The summed E-state index contributed by atoms with van der Waals surface area (Å²) in [5.41, 5.74) is 5.77. The van der Waals surface area contributed by atoms with Gasteiger partial charge in [0.1, 0.15) is 10.7 Å². The lowest BCUT2D eigenvalue weighted by Gasteiger charge is -2.19. The van der Waals surface area contributed by atoms with Crippen LogP contribution in [-0.2, 0) is 0 Å². The minimum absolute atomic E-state index is 0.158. The number of nitrogen functional groups attached to an aromatic ring is 1. The van der Waals surface area contributed by atoms with Crippen LogP contribution in [0.15, 0.2) is 0 Å². The number of anilines is 2. The number of thiazole rings is 1. The summed E-state index contributed by atoms with van der Waals surface area (Å²) in [5.74, 6) is 0.312. The van der Waals surface area contributed by atoms with E-state index >= 15 is 0 Å². The Kier molecular flexibility index (Phi) is 6.69. The predicted octanol–water partition coefficient (Wildman–Crippen LogP) is 0.220. The molecule has 0 saturated heterocycles. The van der Waals surface area contributed by atoms with Crippen molar-refractivity contribution < 1.29 is 15.0 Å². The van der Waals surface area contributed by atoms with E-state index in [1.807, 2.05) is 0 Å². The Morgan fingerprint density at radius 3 is 2.50 bits per heavy atom. The molecule has 0 aliphatic heterocycles. The molecule has 0 fully saturated rings. The fourth-order valence-electron chi connectivity index (χ4n) is 1.55. The molecule has 1 heterocycles. The molecule has 0 atom stereocenters. The largest absolute Gasteiger partial charge is 0.395 e. The van der Waals surface area contributed by atoms with Gasteiger partial charge in [-0.15, -0.1) is 0 Å². The molecule has 0 aliphatic carbocycles. The van der Waals surface area contributed by atoms with Crippen LogP contribution in [0.1, 0.15) is 23.5 Å². The van der Waals surface area contributed by atoms with Crippen LogP contribution in [-0.4, -0.2) is 58.9 Å². The molecule has 0 radical (unpaired) electrons. The number of hydrogen-bond donors (Lipinski definition) is 4. The molecule has 0 saturated carbocycles. The van der Waals surface area contributed by atoms with Gasteiger partial charge in [0.25, 0.3) is 5.91 Å². The van der Waals surface area contributed by atoms with Crippen LogP contribution in [0.2, 0.25) is 0 Å². The van der Waals surface area contributed by atoms with Gasteiger partial charge in [-0.05, 0) is 5.92 Å². The zero-order valence-corrected chi connectivity index (χ0v) is 12.6. The molecule has 0 aromatic carbocycles. The Hall–Kier alpha value is -1.38. The lowest BCUT2D eigenvalue weighted by atomic mass is 10.2. The molecule has 7 nitrogen and oxygen atoms in total. The Morgan fingerprint density at radius 2 is 2.00 bits per heavy atom. The van der Waals surface area contributed by atoms with Gasteiger partial charge in [-0.25, -0.2) is 4.98 Å². The van der Waals surface area contributed by atoms with E-state index in [4.69, 9.17) is 15.9 Å². The number of nitrogens with two attached hydrogens (primary N) is 1. The molecule has 0 unspecified atom stereocenters. The van der Waals surface area contributed by atoms with Crippen molar-refractivity contribution in [3.63, 3.8) is 0 Å². The number of aliphatic hydroxyl groups excluding tert-OH is 2. The van der Waals surface area contributed by atoms with Gasteiger partial charge < -0.3 is 26.2 Å². The van der Waals surface area contributed by atoms with Gasteiger partial charge in [-0.3, -0.25) is 4.79 Å². The Morgan fingerprint density at radius 1 is 1.40 bits per heavy atom. The third-order valence-corrected chi connectivity index (χ3v) is 3.55. The topological polar surface area (TPSA) is 112 Å². The third-order valence-electron chi connectivity index (χ3n) is 2.54. The van der Waals surface area contributed by atoms with E-state index in [1.165, 1.54) is 16.2 Å². The second-order valence-corrected chi connectivity index (χ2v) is 5.75. The molecule has 0 bridgehead atoms. The fraction of sp³-hybridized carbons (Fsp3) is 0.667. The van der Waals surface area contributed by atoms with Crippen LogP contribution in [0, 0.1) is 5.92 Å². The summed E-state index contributed by atoms with van der Waals surface area (Å²) in [5, 5.41) is 21.6. The van der Waals surface area contributed by atoms with Crippen LogP contribution in [0.25, 0.3) is 0 Å². The number of rotatable bonds is 8. The molecule has 114 valence electrons. The summed E-state index contributed by atoms with van der Waals surface area (Å²) >= 11 is 1.19. The zero-order valence-electron chi connectivity index (χ0n) is 11.8. The highest BCUT2D eigenvalue weighted by molar-refractivity contribution is 7.18. The van der Waals surface area contributed by atoms with Gasteiger partial charge in [0, 0.05) is 19.6 Å². The van der Waals surface area contributed by atoms with Gasteiger partial charge in [0.15, 0.2) is 5.13 Å². The van der Waals surface area contributed by atoms with Crippen molar-refractivity contribution in [3.8, 4) is 0 Å². The standard InChI is InChI=1S/C12H22N4O3S/c1-8(2)7-14-12-15-10(13)9(20-12)11(19)16(3-5-17)4-6-18/h8,17-18H,3-7,13H2,1-2H3,(H,14,15). The first-order chi connectivity index (χ1) is 9.49. The molecule has 8 heteroatoms. The second-order valence-electron chi connectivity index (χ2n) is 4.75. The Labute approximate surface area is 122 Å². The molecule has 1 rings (SSSR count). The van der Waals surface area contributed by atoms with Crippen LogP contribution < -0.4 is 11.1 Å². The molecule has 20 heavy (non-hydrogen) atoms. The SMILES string of the molecule is CC(C)CNc1nc(N)c(C(=O)N(CCO)CCO)s1. The quantitative estimate of drug-likeness (QED) is 0.546. The first kappa shape index (κ1) is 16.7. The summed E-state index contributed by atoms with van der Waals surface area (Å²) in [6.07, 6.45) is 0. The number of aromatic nitrogens is 1. The minimum atomic E-state index is -0.319. The molecule has 1 aromatic rings. The van der Waals surface area contributed by atoms with Gasteiger partial charge in [-0.2, -0.15) is 0 Å². The van der Waals surface area contributed by atoms with E-state index in [1.54, 1.807) is 0 Å². The van der Waals surface area contributed by atoms with Crippen LogP contribution >= 0.6 is 11.3 Å². The summed E-state index contributed by atoms with van der Waals surface area (Å²) in [4.78, 5) is 18.1. The van der Waals surface area contributed by atoms with Crippen molar-refractivity contribution in [3.05, 3.63) is 4.88 Å². The van der Waals surface area contributed by atoms with E-state index in [0.717, 1.165) is 6.54 Å². The lowest BCUT2D eigenvalue weighted by molar-refractivity contribution is 0.0690. The zero-order chi connectivity index (χ0) is 15.1. The van der Waals surface area contributed by atoms with E-state index in [0.29, 0.717) is 15.9 Å². The van der Waals surface area contributed by atoms with Crippen molar-refractivity contribution in [2.75, 3.05) is 43.9 Å². The first-order valence-corrected chi connectivity index (χ1v) is 7.32. The smallest absolute Gasteiger partial charge is 0.268 e. The second kappa shape index (κ2) is 8.03. The molecule has 5 N–H and O–H groups in total. The van der Waals surface area contributed by atoms with Crippen molar-refractivity contribution in [1.29, 1.82) is 0 Å². The highest BCUT2D eigenvalue weighted by Gasteiger charge is 2.21. The lowest BCUT2D eigenvalue weighted by Crippen LogP contribution is -2.35. The summed E-state index contributed by atoms with van der Waals surface area (Å²) in [7, 11) is 0. The van der Waals surface area contributed by atoms with Crippen LogP contribution in [0.4, 0.5) is 10.9 Å². The fourth-order valence-corrected chi connectivity index (χ4v) is 2.41. The number of amides is 1. The van der Waals surface area contributed by atoms with Crippen molar-refractivity contribution in [2.24, 2.45) is 5.92 Å². The van der Waals surface area contributed by atoms with Crippen LogP contribution in [0.5, 0.6) is 0 Å². The third kappa shape index (κ3) is 4.62. The van der Waals surface area contributed by atoms with Crippen molar-refractivity contribution in [1.82, 2.24) is 9.88 Å². The maximum absolute atomic E-state index is 12.3. The summed E-state index contributed by atoms with van der Waals surface area (Å²) < 4.78 is 0. The van der Waals surface area contributed by atoms with Gasteiger partial charge >= 0.3 is 0 Å². The van der Waals surface area contributed by atoms with E-state index in [2.05, 4.69) is 24.1 Å². The number of nitrogens with zero attached hydrogens (tertiary/aromatic N) is 2. The predicted molar refractivity (Wildman–Crippen MR) is 79.9 cm³/mol. The number of aliphatic hydroxyl groups is 2. The van der Waals surface area contributed by atoms with Crippen LogP contribution in [0.3, 0.4) is 0 Å². The first-order valence-electron chi connectivity index (χ1n) is 6.50. The average Bonchev–Trinajstić information content (AvgIpc) is 2.76. The van der Waals surface area contributed by atoms with Gasteiger partial charge in [-0.1, -0.05) is 25.2 Å². The Bertz CT molecular complexity index is 430. The normalized spacial score (nSPS) is 10.8.